The normalized spacial score (nSPS) is 21.1. The van der Waals surface area contributed by atoms with Crippen LogP contribution in [-0.4, -0.2) is 29.6 Å². The molecule has 0 spiro atoms. The molecule has 118 valence electrons. The fraction of sp³-hybridized carbons (Fsp3) is 0.529. The van der Waals surface area contributed by atoms with E-state index in [0.717, 1.165) is 48.8 Å². The van der Waals surface area contributed by atoms with Gasteiger partial charge in [-0.2, -0.15) is 0 Å². The smallest absolute Gasteiger partial charge is 0.405 e. The molecule has 0 heterocycles. The van der Waals surface area contributed by atoms with E-state index in [1.165, 1.54) is 11.1 Å². The lowest BCUT2D eigenvalue weighted by Gasteiger charge is -2.19. The second-order valence-corrected chi connectivity index (χ2v) is 6.58. The first-order chi connectivity index (χ1) is 10.4. The average molecular weight is 303 g/mol. The maximum atomic E-state index is 11.1. The van der Waals surface area contributed by atoms with Crippen LogP contribution in [0, 0.1) is 19.8 Å². The van der Waals surface area contributed by atoms with Crippen molar-refractivity contribution in [3.8, 4) is 5.75 Å². The van der Waals surface area contributed by atoms with Crippen LogP contribution in [0.2, 0.25) is 0 Å². The number of rotatable bonds is 5. The minimum Gasteiger partial charge on any atom is -0.491 e. The van der Waals surface area contributed by atoms with Crippen molar-refractivity contribution in [1.82, 2.24) is 5.32 Å². The van der Waals surface area contributed by atoms with Crippen molar-refractivity contribution in [3.63, 3.8) is 0 Å². The molecule has 0 saturated heterocycles. The lowest BCUT2D eigenvalue weighted by molar-refractivity contribution is -0.110. The molecular weight excluding hydrogens is 282 g/mol. The molecule has 0 radical (unpaired) electrons. The summed E-state index contributed by atoms with van der Waals surface area (Å²) in [6, 6.07) is 2.01. The van der Waals surface area contributed by atoms with Crippen LogP contribution in [0.15, 0.2) is 6.07 Å². The fourth-order valence-electron chi connectivity index (χ4n) is 3.31. The highest BCUT2D eigenvalue weighted by molar-refractivity contribution is 5.66. The molecule has 1 atom stereocenters. The van der Waals surface area contributed by atoms with E-state index in [4.69, 9.17) is 9.84 Å². The number of carbonyl (C=O) groups is 2. The van der Waals surface area contributed by atoms with E-state index in [-0.39, 0.29) is 5.92 Å². The van der Waals surface area contributed by atoms with E-state index in [9.17, 15) is 9.59 Å². The van der Waals surface area contributed by atoms with Crippen LogP contribution in [0.1, 0.15) is 35.1 Å². The van der Waals surface area contributed by atoms with Crippen molar-refractivity contribution in [3.05, 3.63) is 28.3 Å². The monoisotopic (exact) mass is 303 g/mol. The summed E-state index contributed by atoms with van der Waals surface area (Å²) in [7, 11) is 0. The third-order valence-electron chi connectivity index (χ3n) is 4.86. The molecule has 5 heteroatoms. The van der Waals surface area contributed by atoms with Crippen LogP contribution in [0.4, 0.5) is 4.79 Å². The summed E-state index contributed by atoms with van der Waals surface area (Å²) in [5.74, 6) is 0.882. The number of benzene rings is 1. The molecule has 3 rings (SSSR count). The summed E-state index contributed by atoms with van der Waals surface area (Å²) < 4.78 is 5.93. The highest BCUT2D eigenvalue weighted by atomic mass is 16.5. The first kappa shape index (κ1) is 14.9. The van der Waals surface area contributed by atoms with Gasteiger partial charge in [-0.1, -0.05) is 0 Å². The summed E-state index contributed by atoms with van der Waals surface area (Å²) in [4.78, 5) is 21.9. The molecule has 1 aromatic rings. The van der Waals surface area contributed by atoms with Crippen LogP contribution >= 0.6 is 0 Å². The zero-order chi connectivity index (χ0) is 15.9. The zero-order valence-corrected chi connectivity index (χ0v) is 12.9. The number of nitrogens with one attached hydrogen (secondary N) is 1. The molecule has 0 aromatic heterocycles. The third kappa shape index (κ3) is 2.67. The number of amides is 1. The van der Waals surface area contributed by atoms with E-state index in [2.05, 4.69) is 5.32 Å². The van der Waals surface area contributed by atoms with Gasteiger partial charge in [-0.15, -0.1) is 0 Å². The molecule has 2 N–H and O–H groups in total. The van der Waals surface area contributed by atoms with Crippen molar-refractivity contribution in [2.45, 2.75) is 45.1 Å². The fourth-order valence-corrected chi connectivity index (χ4v) is 3.31. The van der Waals surface area contributed by atoms with Gasteiger partial charge in [0.2, 0.25) is 0 Å². The quantitative estimate of drug-likeness (QED) is 0.819. The Morgan fingerprint density at radius 1 is 1.41 bits per heavy atom. The maximum Gasteiger partial charge on any atom is 0.405 e. The largest absolute Gasteiger partial charge is 0.491 e. The SMILES string of the molecule is Cc1cc(OCC2(NC(=O)O)CC2)c(C)c2c1CC(C=O)C2. The van der Waals surface area contributed by atoms with Crippen molar-refractivity contribution in [2.24, 2.45) is 5.92 Å². The minimum atomic E-state index is -1.00. The first-order valence-electron chi connectivity index (χ1n) is 7.65. The Labute approximate surface area is 129 Å². The molecule has 1 saturated carbocycles. The summed E-state index contributed by atoms with van der Waals surface area (Å²) in [5, 5.41) is 11.4. The Morgan fingerprint density at radius 3 is 2.68 bits per heavy atom. The Hall–Kier alpha value is -2.04. The van der Waals surface area contributed by atoms with Gasteiger partial charge in [0, 0.05) is 5.92 Å². The van der Waals surface area contributed by atoms with Gasteiger partial charge in [0.25, 0.3) is 0 Å². The van der Waals surface area contributed by atoms with E-state index in [1.54, 1.807) is 0 Å². The molecule has 1 unspecified atom stereocenters. The predicted octanol–water partition coefficient (Wildman–Crippen LogP) is 2.40. The number of fused-ring (bicyclic) bond motifs is 1. The Kier molecular flexibility index (Phi) is 3.59. The van der Waals surface area contributed by atoms with Crippen LogP contribution in [0.3, 0.4) is 0 Å². The number of carboxylic acid groups (broad SMARTS) is 1. The van der Waals surface area contributed by atoms with Gasteiger partial charge in [-0.25, -0.2) is 4.79 Å². The second-order valence-electron chi connectivity index (χ2n) is 6.58. The van der Waals surface area contributed by atoms with E-state index in [0.29, 0.717) is 6.61 Å². The summed E-state index contributed by atoms with van der Waals surface area (Å²) in [6.45, 7) is 4.42. The molecule has 22 heavy (non-hydrogen) atoms. The molecule has 0 bridgehead atoms. The first-order valence-corrected chi connectivity index (χ1v) is 7.65. The summed E-state index contributed by atoms with van der Waals surface area (Å²) >= 11 is 0. The van der Waals surface area contributed by atoms with E-state index < -0.39 is 11.6 Å². The molecule has 5 nitrogen and oxygen atoms in total. The third-order valence-corrected chi connectivity index (χ3v) is 4.86. The van der Waals surface area contributed by atoms with Gasteiger partial charge in [0.05, 0.1) is 5.54 Å². The van der Waals surface area contributed by atoms with E-state index in [1.807, 2.05) is 19.9 Å². The topological polar surface area (TPSA) is 75.6 Å². The average Bonchev–Trinajstić information content (AvgIpc) is 3.07. The number of hydrogen-bond donors (Lipinski definition) is 2. The van der Waals surface area contributed by atoms with Gasteiger partial charge in [-0.05, 0) is 67.9 Å². The standard InChI is InChI=1S/C17H21NO4/c1-10-5-15(22-9-17(3-4-17)18-16(20)21)11(2)14-7-12(8-19)6-13(10)14/h5,8,12,18H,3-4,6-7,9H2,1-2H3,(H,20,21). The Morgan fingerprint density at radius 2 is 2.09 bits per heavy atom. The number of aldehydes is 1. The molecule has 2 aliphatic rings. The van der Waals surface area contributed by atoms with Crippen molar-refractivity contribution in [1.29, 1.82) is 0 Å². The van der Waals surface area contributed by atoms with Gasteiger partial charge >= 0.3 is 6.09 Å². The molecule has 1 fully saturated rings. The highest BCUT2D eigenvalue weighted by Crippen LogP contribution is 2.39. The summed E-state index contributed by atoms with van der Waals surface area (Å²) in [5.41, 5.74) is 4.30. The molecule has 0 aliphatic heterocycles. The van der Waals surface area contributed by atoms with Crippen LogP contribution < -0.4 is 10.1 Å². The minimum absolute atomic E-state index is 0.0751. The van der Waals surface area contributed by atoms with Crippen LogP contribution in [0.5, 0.6) is 5.75 Å². The lowest BCUT2D eigenvalue weighted by atomic mass is 9.99. The lowest BCUT2D eigenvalue weighted by Crippen LogP contribution is -2.40. The highest BCUT2D eigenvalue weighted by Gasteiger charge is 2.45. The van der Waals surface area contributed by atoms with Crippen molar-refractivity contribution >= 4 is 12.4 Å². The molecular formula is C17H21NO4. The zero-order valence-electron chi connectivity index (χ0n) is 12.9. The molecule has 1 amide bonds. The van der Waals surface area contributed by atoms with Gasteiger partial charge in [-0.3, -0.25) is 0 Å². The van der Waals surface area contributed by atoms with Crippen molar-refractivity contribution in [2.75, 3.05) is 6.61 Å². The summed E-state index contributed by atoms with van der Waals surface area (Å²) in [6.07, 6.45) is 3.26. The van der Waals surface area contributed by atoms with E-state index >= 15 is 0 Å². The van der Waals surface area contributed by atoms with Crippen molar-refractivity contribution < 1.29 is 19.4 Å². The Bertz CT molecular complexity index is 634. The second kappa shape index (κ2) is 5.30. The number of hydrogen-bond acceptors (Lipinski definition) is 3. The number of ether oxygens (including phenoxy) is 1. The predicted molar refractivity (Wildman–Crippen MR) is 81.5 cm³/mol. The van der Waals surface area contributed by atoms with Gasteiger partial charge in [0.15, 0.2) is 0 Å². The van der Waals surface area contributed by atoms with Gasteiger partial charge in [0.1, 0.15) is 18.6 Å². The number of carbonyl (C=O) groups excluding carboxylic acids is 1. The number of aryl methyl sites for hydroxylation is 1. The van der Waals surface area contributed by atoms with Crippen LogP contribution in [0.25, 0.3) is 0 Å². The Balaban J connectivity index is 1.77. The maximum absolute atomic E-state index is 11.1. The van der Waals surface area contributed by atoms with Crippen LogP contribution in [-0.2, 0) is 17.6 Å². The molecule has 1 aromatic carbocycles. The van der Waals surface area contributed by atoms with Gasteiger partial charge < -0.3 is 20.0 Å². The molecule has 2 aliphatic carbocycles.